The highest BCUT2D eigenvalue weighted by atomic mass is 16.5. The first kappa shape index (κ1) is 13.2. The summed E-state index contributed by atoms with van der Waals surface area (Å²) in [6.45, 7) is 4.93. The molecular weight excluding hydrogens is 240 g/mol. The maximum Gasteiger partial charge on any atom is 0.274 e. The number of anilines is 1. The van der Waals surface area contributed by atoms with Crippen LogP contribution in [0.4, 0.5) is 5.69 Å². The average Bonchev–Trinajstić information content (AvgIpc) is 2.42. The van der Waals surface area contributed by atoms with Gasteiger partial charge in [0.15, 0.2) is 0 Å². The highest BCUT2D eigenvalue weighted by Gasteiger charge is 2.04. The zero-order valence-corrected chi connectivity index (χ0v) is 11.2. The number of nitrogens with zero attached hydrogens (tertiary/aromatic N) is 1. The fourth-order valence-electron chi connectivity index (χ4n) is 1.86. The molecule has 1 aromatic carbocycles. The molecule has 0 aliphatic heterocycles. The fraction of sp³-hybridized carbons (Fsp3) is 0.267. The second kappa shape index (κ2) is 5.61. The third kappa shape index (κ3) is 2.96. The van der Waals surface area contributed by atoms with Crippen molar-refractivity contribution in [2.24, 2.45) is 0 Å². The zero-order chi connectivity index (χ0) is 13.8. The quantitative estimate of drug-likeness (QED) is 0.914. The van der Waals surface area contributed by atoms with E-state index in [9.17, 15) is 4.79 Å². The molecule has 0 spiro atoms. The molecule has 0 saturated heterocycles. The molecule has 0 atom stereocenters. The van der Waals surface area contributed by atoms with Gasteiger partial charge in [0.05, 0.1) is 13.2 Å². The molecule has 0 aliphatic rings. The summed E-state index contributed by atoms with van der Waals surface area (Å²) in [5.74, 6) is 0.835. The Hall–Kier alpha value is -2.23. The summed E-state index contributed by atoms with van der Waals surface area (Å²) in [7, 11) is 0. The molecule has 2 rings (SSSR count). The molecule has 2 aromatic rings. The van der Waals surface area contributed by atoms with Crippen LogP contribution in [0, 0.1) is 6.92 Å². The number of ether oxygens (including phenoxy) is 1. The summed E-state index contributed by atoms with van der Waals surface area (Å²) in [5, 5.41) is 0. The van der Waals surface area contributed by atoms with Gasteiger partial charge in [-0.15, -0.1) is 0 Å². The maximum absolute atomic E-state index is 12.0. The Labute approximate surface area is 112 Å². The molecule has 100 valence electrons. The SMILES string of the molecule is CCOc1ccc(Cn2ccc(C)c(N)c2=O)cc1. The summed E-state index contributed by atoms with van der Waals surface area (Å²) >= 11 is 0. The van der Waals surface area contributed by atoms with Crippen LogP contribution in [-0.2, 0) is 6.54 Å². The van der Waals surface area contributed by atoms with Crippen LogP contribution in [0.3, 0.4) is 0 Å². The van der Waals surface area contributed by atoms with Crippen molar-refractivity contribution >= 4 is 5.69 Å². The Morgan fingerprint density at radius 2 is 1.89 bits per heavy atom. The molecule has 0 fully saturated rings. The predicted octanol–water partition coefficient (Wildman–Crippen LogP) is 2.19. The largest absolute Gasteiger partial charge is 0.494 e. The van der Waals surface area contributed by atoms with E-state index in [4.69, 9.17) is 10.5 Å². The summed E-state index contributed by atoms with van der Waals surface area (Å²) in [4.78, 5) is 12.0. The molecule has 0 amide bonds. The van der Waals surface area contributed by atoms with Gasteiger partial charge in [-0.3, -0.25) is 4.79 Å². The lowest BCUT2D eigenvalue weighted by Crippen LogP contribution is -2.23. The van der Waals surface area contributed by atoms with Gasteiger partial charge in [0.2, 0.25) is 0 Å². The molecule has 0 aliphatic carbocycles. The number of benzene rings is 1. The Morgan fingerprint density at radius 1 is 1.21 bits per heavy atom. The van der Waals surface area contributed by atoms with Gasteiger partial charge in [0.1, 0.15) is 11.4 Å². The molecule has 4 heteroatoms. The molecule has 0 radical (unpaired) electrons. The van der Waals surface area contributed by atoms with E-state index >= 15 is 0 Å². The maximum atomic E-state index is 12.0. The Balaban J connectivity index is 2.22. The third-order valence-corrected chi connectivity index (χ3v) is 3.01. The third-order valence-electron chi connectivity index (χ3n) is 3.01. The number of aryl methyl sites for hydroxylation is 1. The van der Waals surface area contributed by atoms with E-state index in [0.717, 1.165) is 16.9 Å². The fourth-order valence-corrected chi connectivity index (χ4v) is 1.86. The van der Waals surface area contributed by atoms with E-state index in [-0.39, 0.29) is 5.56 Å². The van der Waals surface area contributed by atoms with Crippen LogP contribution in [0.15, 0.2) is 41.3 Å². The monoisotopic (exact) mass is 258 g/mol. The van der Waals surface area contributed by atoms with Crippen LogP contribution in [0.25, 0.3) is 0 Å². The minimum Gasteiger partial charge on any atom is -0.494 e. The highest BCUT2D eigenvalue weighted by molar-refractivity contribution is 5.43. The van der Waals surface area contributed by atoms with E-state index in [1.54, 1.807) is 10.8 Å². The molecule has 1 aromatic heterocycles. The lowest BCUT2D eigenvalue weighted by molar-refractivity contribution is 0.340. The van der Waals surface area contributed by atoms with Crippen LogP contribution in [0.2, 0.25) is 0 Å². The highest BCUT2D eigenvalue weighted by Crippen LogP contribution is 2.13. The first-order valence-corrected chi connectivity index (χ1v) is 6.29. The molecule has 1 heterocycles. The van der Waals surface area contributed by atoms with Crippen molar-refractivity contribution in [3.8, 4) is 5.75 Å². The number of rotatable bonds is 4. The van der Waals surface area contributed by atoms with E-state index < -0.39 is 0 Å². The standard InChI is InChI=1S/C15H18N2O2/c1-3-19-13-6-4-12(5-7-13)10-17-9-8-11(2)14(16)15(17)18/h4-9H,3,10,16H2,1-2H3. The van der Waals surface area contributed by atoms with Gasteiger partial charge in [-0.2, -0.15) is 0 Å². The second-order valence-electron chi connectivity index (χ2n) is 4.42. The molecule has 4 nitrogen and oxygen atoms in total. The van der Waals surface area contributed by atoms with Crippen molar-refractivity contribution in [1.29, 1.82) is 0 Å². The first-order chi connectivity index (χ1) is 9.11. The van der Waals surface area contributed by atoms with Gasteiger partial charge in [-0.25, -0.2) is 0 Å². The normalized spacial score (nSPS) is 10.4. The smallest absolute Gasteiger partial charge is 0.274 e. The number of nitrogens with two attached hydrogens (primary N) is 1. The van der Waals surface area contributed by atoms with Crippen LogP contribution < -0.4 is 16.0 Å². The first-order valence-electron chi connectivity index (χ1n) is 6.29. The molecule has 0 saturated carbocycles. The lowest BCUT2D eigenvalue weighted by atomic mass is 10.2. The van der Waals surface area contributed by atoms with Gasteiger partial charge in [0.25, 0.3) is 5.56 Å². The lowest BCUT2D eigenvalue weighted by Gasteiger charge is -2.09. The van der Waals surface area contributed by atoms with Gasteiger partial charge >= 0.3 is 0 Å². The number of hydrogen-bond donors (Lipinski definition) is 1. The Morgan fingerprint density at radius 3 is 2.53 bits per heavy atom. The van der Waals surface area contributed by atoms with Crippen molar-refractivity contribution in [2.45, 2.75) is 20.4 Å². The summed E-state index contributed by atoms with van der Waals surface area (Å²) in [5.41, 5.74) is 7.76. The molecule has 0 bridgehead atoms. The minimum absolute atomic E-state index is 0.145. The molecular formula is C15H18N2O2. The molecule has 0 unspecified atom stereocenters. The van der Waals surface area contributed by atoms with Crippen molar-refractivity contribution in [3.05, 3.63) is 58.0 Å². The van der Waals surface area contributed by atoms with Gasteiger partial charge < -0.3 is 15.0 Å². The van der Waals surface area contributed by atoms with Gasteiger partial charge in [-0.1, -0.05) is 12.1 Å². The van der Waals surface area contributed by atoms with Crippen molar-refractivity contribution in [1.82, 2.24) is 4.57 Å². The van der Waals surface area contributed by atoms with Crippen molar-refractivity contribution in [3.63, 3.8) is 0 Å². The van der Waals surface area contributed by atoms with E-state index in [2.05, 4.69) is 0 Å². The van der Waals surface area contributed by atoms with Crippen LogP contribution in [0.5, 0.6) is 5.75 Å². The summed E-state index contributed by atoms with van der Waals surface area (Å²) in [6, 6.07) is 9.56. The molecule has 19 heavy (non-hydrogen) atoms. The van der Waals surface area contributed by atoms with E-state index in [0.29, 0.717) is 18.8 Å². The van der Waals surface area contributed by atoms with Gasteiger partial charge in [0, 0.05) is 6.20 Å². The van der Waals surface area contributed by atoms with Crippen molar-refractivity contribution in [2.75, 3.05) is 12.3 Å². The topological polar surface area (TPSA) is 57.2 Å². The summed E-state index contributed by atoms with van der Waals surface area (Å²) in [6.07, 6.45) is 1.77. The van der Waals surface area contributed by atoms with E-state index in [1.165, 1.54) is 0 Å². The number of hydrogen-bond acceptors (Lipinski definition) is 3. The minimum atomic E-state index is -0.145. The van der Waals surface area contributed by atoms with Crippen LogP contribution >= 0.6 is 0 Å². The van der Waals surface area contributed by atoms with Gasteiger partial charge in [-0.05, 0) is 43.2 Å². The predicted molar refractivity (Wildman–Crippen MR) is 76.6 cm³/mol. The Kier molecular flexibility index (Phi) is 3.90. The zero-order valence-electron chi connectivity index (χ0n) is 11.2. The number of pyridine rings is 1. The Bertz CT molecular complexity index is 615. The second-order valence-corrected chi connectivity index (χ2v) is 4.42. The summed E-state index contributed by atoms with van der Waals surface area (Å²) < 4.78 is 6.99. The average molecular weight is 258 g/mol. The van der Waals surface area contributed by atoms with Crippen LogP contribution in [-0.4, -0.2) is 11.2 Å². The number of aromatic nitrogens is 1. The number of nitrogen functional groups attached to an aromatic ring is 1. The van der Waals surface area contributed by atoms with E-state index in [1.807, 2.05) is 44.2 Å². The van der Waals surface area contributed by atoms with Crippen molar-refractivity contribution < 1.29 is 4.74 Å². The van der Waals surface area contributed by atoms with Crippen LogP contribution in [0.1, 0.15) is 18.1 Å². The molecule has 2 N–H and O–H groups in total.